The fourth-order valence-corrected chi connectivity index (χ4v) is 2.39. The van der Waals surface area contributed by atoms with E-state index >= 15 is 0 Å². The Kier molecular flexibility index (Phi) is 2.75. The Hall–Kier alpha value is -2.28. The molecule has 1 heteroatoms. The summed E-state index contributed by atoms with van der Waals surface area (Å²) in [5.74, 6) is 0. The fourth-order valence-electron chi connectivity index (χ4n) is 2.39. The van der Waals surface area contributed by atoms with Gasteiger partial charge < -0.3 is 4.98 Å². The molecule has 0 aliphatic rings. The lowest BCUT2D eigenvalue weighted by atomic mass is 10.00. The average molecular weight is 247 g/mol. The second-order valence-corrected chi connectivity index (χ2v) is 5.09. The molecule has 1 heterocycles. The van der Waals surface area contributed by atoms with E-state index in [2.05, 4.69) is 67.1 Å². The van der Waals surface area contributed by atoms with Crippen LogP contribution in [0.3, 0.4) is 0 Å². The maximum atomic E-state index is 3.97. The van der Waals surface area contributed by atoms with Gasteiger partial charge in [0, 0.05) is 17.1 Å². The molecule has 0 bridgehead atoms. The lowest BCUT2D eigenvalue weighted by molar-refractivity contribution is 1.43. The van der Waals surface area contributed by atoms with Crippen molar-refractivity contribution in [2.24, 2.45) is 0 Å². The van der Waals surface area contributed by atoms with Crippen molar-refractivity contribution in [1.29, 1.82) is 0 Å². The Balaban J connectivity index is 2.08. The predicted octanol–water partition coefficient (Wildman–Crippen LogP) is 5.18. The highest BCUT2D eigenvalue weighted by atomic mass is 14.7. The van der Waals surface area contributed by atoms with E-state index in [-0.39, 0.29) is 0 Å². The van der Waals surface area contributed by atoms with Gasteiger partial charge in [-0.3, -0.25) is 0 Å². The molecule has 0 aliphatic heterocycles. The highest BCUT2D eigenvalue weighted by Gasteiger charge is 2.03. The van der Waals surface area contributed by atoms with Crippen molar-refractivity contribution in [3.05, 3.63) is 66.4 Å². The Bertz CT molecular complexity index is 745. The number of rotatable bonds is 2. The van der Waals surface area contributed by atoms with Gasteiger partial charge in [-0.1, -0.05) is 42.5 Å². The summed E-state index contributed by atoms with van der Waals surface area (Å²) < 4.78 is 0. The molecule has 0 atom stereocenters. The van der Waals surface area contributed by atoms with Crippen LogP contribution in [0.25, 0.3) is 27.6 Å². The first-order valence-electron chi connectivity index (χ1n) is 6.49. The zero-order chi connectivity index (χ0) is 13.4. The Labute approximate surface area is 113 Å². The Morgan fingerprint density at radius 1 is 1.00 bits per heavy atom. The molecule has 1 aromatic heterocycles. The Morgan fingerprint density at radius 3 is 2.37 bits per heavy atom. The summed E-state index contributed by atoms with van der Waals surface area (Å²) >= 11 is 0. The molecule has 1 nitrogen and oxygen atoms in total. The monoisotopic (exact) mass is 247 g/mol. The van der Waals surface area contributed by atoms with Crippen molar-refractivity contribution in [3.8, 4) is 11.1 Å². The van der Waals surface area contributed by atoms with Crippen LogP contribution in [0.5, 0.6) is 0 Å². The summed E-state index contributed by atoms with van der Waals surface area (Å²) in [6.07, 6.45) is 2.05. The summed E-state index contributed by atoms with van der Waals surface area (Å²) in [5.41, 5.74) is 7.28. The molecule has 0 radical (unpaired) electrons. The van der Waals surface area contributed by atoms with Crippen LogP contribution in [0.2, 0.25) is 0 Å². The minimum absolute atomic E-state index is 1.10. The van der Waals surface area contributed by atoms with E-state index in [0.29, 0.717) is 0 Å². The smallest absolute Gasteiger partial charge is 0.0457 e. The number of nitrogens with one attached hydrogen (secondary N) is 1. The van der Waals surface area contributed by atoms with E-state index in [0.717, 1.165) is 5.57 Å². The van der Waals surface area contributed by atoms with E-state index < -0.39 is 0 Å². The van der Waals surface area contributed by atoms with E-state index in [4.69, 9.17) is 0 Å². The quantitative estimate of drug-likeness (QED) is 0.642. The van der Waals surface area contributed by atoms with Crippen LogP contribution in [0, 0.1) is 6.92 Å². The van der Waals surface area contributed by atoms with E-state index in [1.165, 1.54) is 33.2 Å². The van der Waals surface area contributed by atoms with Gasteiger partial charge in [0.05, 0.1) is 0 Å². The summed E-state index contributed by atoms with van der Waals surface area (Å²) in [7, 11) is 0. The molecule has 0 fully saturated rings. The van der Waals surface area contributed by atoms with Crippen molar-refractivity contribution < 1.29 is 0 Å². The first-order chi connectivity index (χ1) is 9.15. The van der Waals surface area contributed by atoms with Crippen LogP contribution in [0.4, 0.5) is 0 Å². The van der Waals surface area contributed by atoms with E-state index in [1.807, 2.05) is 6.92 Å². The third kappa shape index (κ3) is 2.08. The molecule has 1 N–H and O–H groups in total. The van der Waals surface area contributed by atoms with Gasteiger partial charge in [0.25, 0.3) is 0 Å². The zero-order valence-electron chi connectivity index (χ0n) is 11.3. The number of aromatic nitrogens is 1. The average Bonchev–Trinajstić information content (AvgIpc) is 2.80. The number of allylic oxidation sites excluding steroid dienone is 1. The zero-order valence-corrected chi connectivity index (χ0v) is 11.3. The Morgan fingerprint density at radius 2 is 1.68 bits per heavy atom. The van der Waals surface area contributed by atoms with Crippen molar-refractivity contribution >= 4 is 16.5 Å². The minimum atomic E-state index is 1.10. The summed E-state index contributed by atoms with van der Waals surface area (Å²) in [6, 6.07) is 15.1. The fraction of sp³-hybridized carbons (Fsp3) is 0.111. The van der Waals surface area contributed by atoms with Gasteiger partial charge in [0.15, 0.2) is 0 Å². The maximum absolute atomic E-state index is 3.97. The van der Waals surface area contributed by atoms with Crippen LogP contribution in [0.15, 0.2) is 55.2 Å². The molecular formula is C18H17N. The number of benzene rings is 2. The number of H-pyrrole nitrogens is 1. The van der Waals surface area contributed by atoms with Gasteiger partial charge in [-0.25, -0.2) is 0 Å². The SMILES string of the molecule is C=C(C)c1ccc(-c2ccc3[nH]cc(C)c3c2)cc1. The molecule has 94 valence electrons. The van der Waals surface area contributed by atoms with Crippen molar-refractivity contribution in [2.75, 3.05) is 0 Å². The number of aromatic amines is 1. The highest BCUT2D eigenvalue weighted by molar-refractivity contribution is 5.87. The van der Waals surface area contributed by atoms with E-state index in [1.54, 1.807) is 0 Å². The van der Waals surface area contributed by atoms with Crippen LogP contribution in [-0.4, -0.2) is 4.98 Å². The lowest BCUT2D eigenvalue weighted by Crippen LogP contribution is -1.81. The lowest BCUT2D eigenvalue weighted by Gasteiger charge is -2.05. The van der Waals surface area contributed by atoms with E-state index in [9.17, 15) is 0 Å². The number of hydrogen-bond acceptors (Lipinski definition) is 0. The number of fused-ring (bicyclic) bond motifs is 1. The predicted molar refractivity (Wildman–Crippen MR) is 83.2 cm³/mol. The van der Waals surface area contributed by atoms with Gasteiger partial charge in [-0.15, -0.1) is 0 Å². The largest absolute Gasteiger partial charge is 0.361 e. The second-order valence-electron chi connectivity index (χ2n) is 5.09. The van der Waals surface area contributed by atoms with Gasteiger partial charge in [0.1, 0.15) is 0 Å². The van der Waals surface area contributed by atoms with Crippen molar-refractivity contribution in [3.63, 3.8) is 0 Å². The molecule has 19 heavy (non-hydrogen) atoms. The summed E-state index contributed by atoms with van der Waals surface area (Å²) in [6.45, 7) is 8.13. The first-order valence-corrected chi connectivity index (χ1v) is 6.49. The van der Waals surface area contributed by atoms with Gasteiger partial charge in [-0.05, 0) is 48.2 Å². The topological polar surface area (TPSA) is 15.8 Å². The van der Waals surface area contributed by atoms with Crippen molar-refractivity contribution in [2.45, 2.75) is 13.8 Å². The molecule has 2 aromatic carbocycles. The van der Waals surface area contributed by atoms with Gasteiger partial charge in [-0.2, -0.15) is 0 Å². The molecule has 0 saturated carbocycles. The van der Waals surface area contributed by atoms with Gasteiger partial charge >= 0.3 is 0 Å². The van der Waals surface area contributed by atoms with Crippen LogP contribution < -0.4 is 0 Å². The molecular weight excluding hydrogens is 230 g/mol. The first kappa shape index (κ1) is 11.8. The number of hydrogen-bond donors (Lipinski definition) is 1. The molecule has 0 amide bonds. The standard InChI is InChI=1S/C18H17N/c1-12(2)14-4-6-15(7-5-14)16-8-9-18-17(10-16)13(3)11-19-18/h4-11,19H,1H2,2-3H3. The summed E-state index contributed by atoms with van der Waals surface area (Å²) in [5, 5.41) is 1.29. The van der Waals surface area contributed by atoms with Gasteiger partial charge in [0.2, 0.25) is 0 Å². The number of aryl methyl sites for hydroxylation is 1. The molecule has 0 saturated heterocycles. The summed E-state index contributed by atoms with van der Waals surface area (Å²) in [4.78, 5) is 3.28. The molecule has 0 unspecified atom stereocenters. The molecule has 0 spiro atoms. The van der Waals surface area contributed by atoms with Crippen LogP contribution in [0.1, 0.15) is 18.1 Å². The maximum Gasteiger partial charge on any atom is 0.0457 e. The third-order valence-electron chi connectivity index (χ3n) is 3.60. The molecule has 0 aliphatic carbocycles. The van der Waals surface area contributed by atoms with Crippen LogP contribution >= 0.6 is 0 Å². The highest BCUT2D eigenvalue weighted by Crippen LogP contribution is 2.27. The second kappa shape index (κ2) is 4.43. The third-order valence-corrected chi connectivity index (χ3v) is 3.60. The molecule has 3 rings (SSSR count). The van der Waals surface area contributed by atoms with Crippen molar-refractivity contribution in [1.82, 2.24) is 4.98 Å². The molecule has 3 aromatic rings. The van der Waals surface area contributed by atoms with Crippen LogP contribution in [-0.2, 0) is 0 Å². The minimum Gasteiger partial charge on any atom is -0.361 e. The normalized spacial score (nSPS) is 10.8.